The summed E-state index contributed by atoms with van der Waals surface area (Å²) in [5, 5.41) is 18.6. The Morgan fingerprint density at radius 1 is 1.00 bits per heavy atom. The van der Waals surface area contributed by atoms with E-state index in [1.807, 2.05) is 55.5 Å². The van der Waals surface area contributed by atoms with Crippen LogP contribution < -0.4 is 9.47 Å². The second-order valence-corrected chi connectivity index (χ2v) is 7.56. The van der Waals surface area contributed by atoms with Gasteiger partial charge in [0.05, 0.1) is 33.5 Å². The standard InChI is InChI=1S/C25H19IN2O2/c1-2-29-24-14-20(12-22(16-28)21-10-8-18(15-27)9-11-21)13-23(26)25(24)30-17-19-6-4-3-5-7-19/h3-14H,2,17H2,1H3/b22-12-. The largest absolute Gasteiger partial charge is 0.490 e. The first-order chi connectivity index (χ1) is 14.6. The van der Waals surface area contributed by atoms with Crippen molar-refractivity contribution < 1.29 is 9.47 Å². The molecule has 148 valence electrons. The summed E-state index contributed by atoms with van der Waals surface area (Å²) in [6.45, 7) is 2.88. The first-order valence-corrected chi connectivity index (χ1v) is 10.5. The third-order valence-corrected chi connectivity index (χ3v) is 5.12. The van der Waals surface area contributed by atoms with Crippen LogP contribution >= 0.6 is 22.6 Å². The monoisotopic (exact) mass is 506 g/mol. The molecular weight excluding hydrogens is 487 g/mol. The maximum Gasteiger partial charge on any atom is 0.175 e. The lowest BCUT2D eigenvalue weighted by atomic mass is 10.0. The first kappa shape index (κ1) is 21.4. The Bertz CT molecular complexity index is 1120. The second kappa shape index (κ2) is 10.5. The van der Waals surface area contributed by atoms with Gasteiger partial charge >= 0.3 is 0 Å². The van der Waals surface area contributed by atoms with Gasteiger partial charge in [-0.25, -0.2) is 0 Å². The zero-order valence-corrected chi connectivity index (χ0v) is 18.6. The number of halogens is 1. The predicted molar refractivity (Wildman–Crippen MR) is 126 cm³/mol. The molecule has 30 heavy (non-hydrogen) atoms. The highest BCUT2D eigenvalue weighted by Crippen LogP contribution is 2.36. The van der Waals surface area contributed by atoms with Crippen LogP contribution in [-0.4, -0.2) is 6.61 Å². The molecule has 0 aliphatic carbocycles. The van der Waals surface area contributed by atoms with Crippen molar-refractivity contribution in [2.24, 2.45) is 0 Å². The number of ether oxygens (including phenoxy) is 2. The maximum absolute atomic E-state index is 9.63. The zero-order valence-electron chi connectivity index (χ0n) is 16.4. The minimum absolute atomic E-state index is 0.445. The van der Waals surface area contributed by atoms with Crippen molar-refractivity contribution in [3.05, 3.63) is 92.6 Å². The number of rotatable bonds is 7. The molecule has 4 nitrogen and oxygen atoms in total. The van der Waals surface area contributed by atoms with E-state index in [-0.39, 0.29) is 0 Å². The lowest BCUT2D eigenvalue weighted by Gasteiger charge is -2.15. The Labute approximate surface area is 190 Å². The Kier molecular flexibility index (Phi) is 7.48. The Morgan fingerprint density at radius 3 is 2.37 bits per heavy atom. The molecule has 0 aromatic heterocycles. The molecule has 0 amide bonds. The van der Waals surface area contributed by atoms with Gasteiger partial charge in [-0.15, -0.1) is 0 Å². The molecule has 0 radical (unpaired) electrons. The molecule has 5 heteroatoms. The molecule has 0 saturated carbocycles. The van der Waals surface area contributed by atoms with E-state index in [9.17, 15) is 5.26 Å². The lowest BCUT2D eigenvalue weighted by Crippen LogP contribution is -2.02. The second-order valence-electron chi connectivity index (χ2n) is 6.40. The van der Waals surface area contributed by atoms with Crippen molar-refractivity contribution in [1.29, 1.82) is 10.5 Å². The van der Waals surface area contributed by atoms with E-state index in [2.05, 4.69) is 34.7 Å². The van der Waals surface area contributed by atoms with E-state index < -0.39 is 0 Å². The molecule has 3 aromatic rings. The van der Waals surface area contributed by atoms with Crippen LogP contribution in [0.3, 0.4) is 0 Å². The van der Waals surface area contributed by atoms with Gasteiger partial charge in [0.15, 0.2) is 11.5 Å². The summed E-state index contributed by atoms with van der Waals surface area (Å²) in [5.41, 5.74) is 3.75. The molecule has 0 spiro atoms. The van der Waals surface area contributed by atoms with Crippen molar-refractivity contribution in [3.8, 4) is 23.6 Å². The quantitative estimate of drug-likeness (QED) is 0.217. The van der Waals surface area contributed by atoms with E-state index in [1.165, 1.54) is 0 Å². The highest BCUT2D eigenvalue weighted by Gasteiger charge is 2.13. The third kappa shape index (κ3) is 5.40. The smallest absolute Gasteiger partial charge is 0.175 e. The fourth-order valence-electron chi connectivity index (χ4n) is 2.88. The van der Waals surface area contributed by atoms with Crippen molar-refractivity contribution in [3.63, 3.8) is 0 Å². The molecule has 0 unspecified atom stereocenters. The van der Waals surface area contributed by atoms with Gasteiger partial charge in [0.25, 0.3) is 0 Å². The van der Waals surface area contributed by atoms with E-state index in [4.69, 9.17) is 14.7 Å². The molecule has 0 fully saturated rings. The van der Waals surface area contributed by atoms with Crippen LogP contribution in [0.2, 0.25) is 0 Å². The number of hydrogen-bond donors (Lipinski definition) is 0. The molecule has 0 N–H and O–H groups in total. The molecule has 0 aliphatic rings. The van der Waals surface area contributed by atoms with Crippen LogP contribution in [0.5, 0.6) is 11.5 Å². The van der Waals surface area contributed by atoms with Gasteiger partial charge in [-0.2, -0.15) is 10.5 Å². The SMILES string of the molecule is CCOc1cc(/C=C(/C#N)c2ccc(C#N)cc2)cc(I)c1OCc1ccccc1. The molecule has 0 bridgehead atoms. The number of hydrogen-bond acceptors (Lipinski definition) is 4. The van der Waals surface area contributed by atoms with Gasteiger partial charge < -0.3 is 9.47 Å². The summed E-state index contributed by atoms with van der Waals surface area (Å²) in [6, 6.07) is 25.1. The van der Waals surface area contributed by atoms with E-state index >= 15 is 0 Å². The molecule has 0 heterocycles. The molecular formula is C25H19IN2O2. The zero-order chi connectivity index (χ0) is 21.3. The summed E-state index contributed by atoms with van der Waals surface area (Å²) in [5.74, 6) is 1.33. The predicted octanol–water partition coefficient (Wildman–Crippen LogP) is 6.20. The third-order valence-electron chi connectivity index (χ3n) is 4.31. The van der Waals surface area contributed by atoms with E-state index in [1.54, 1.807) is 24.3 Å². The van der Waals surface area contributed by atoms with Gasteiger partial charge in [-0.1, -0.05) is 42.5 Å². The van der Waals surface area contributed by atoms with Crippen molar-refractivity contribution in [2.75, 3.05) is 6.61 Å². The van der Waals surface area contributed by atoms with Gasteiger partial charge in [0.2, 0.25) is 0 Å². The molecule has 0 atom stereocenters. The summed E-state index contributed by atoms with van der Waals surface area (Å²) in [6.07, 6.45) is 1.81. The highest BCUT2D eigenvalue weighted by atomic mass is 127. The Morgan fingerprint density at radius 2 is 1.73 bits per heavy atom. The summed E-state index contributed by atoms with van der Waals surface area (Å²) in [7, 11) is 0. The Hall–Kier alpha value is -3.29. The van der Waals surface area contributed by atoms with Crippen molar-refractivity contribution in [2.45, 2.75) is 13.5 Å². The van der Waals surface area contributed by atoms with Crippen LogP contribution in [0.25, 0.3) is 11.6 Å². The average molecular weight is 506 g/mol. The van der Waals surface area contributed by atoms with Gasteiger partial charge in [-0.05, 0) is 76.5 Å². The fraction of sp³-hybridized carbons (Fsp3) is 0.120. The number of allylic oxidation sites excluding steroid dienone is 1. The normalized spacial score (nSPS) is 10.7. The first-order valence-electron chi connectivity index (χ1n) is 9.40. The Balaban J connectivity index is 1.92. The van der Waals surface area contributed by atoms with Gasteiger partial charge in [0, 0.05) is 0 Å². The maximum atomic E-state index is 9.63. The summed E-state index contributed by atoms with van der Waals surface area (Å²) >= 11 is 2.22. The van der Waals surface area contributed by atoms with Crippen molar-refractivity contribution in [1.82, 2.24) is 0 Å². The van der Waals surface area contributed by atoms with Crippen LogP contribution in [0, 0.1) is 26.2 Å². The molecule has 0 saturated heterocycles. The average Bonchev–Trinajstić information content (AvgIpc) is 2.78. The fourth-order valence-corrected chi connectivity index (χ4v) is 3.66. The van der Waals surface area contributed by atoms with Gasteiger partial charge in [-0.3, -0.25) is 0 Å². The summed E-state index contributed by atoms with van der Waals surface area (Å²) < 4.78 is 12.8. The lowest BCUT2D eigenvalue weighted by molar-refractivity contribution is 0.267. The molecule has 0 aliphatic heterocycles. The number of nitrogens with zero attached hydrogens (tertiary/aromatic N) is 2. The number of benzene rings is 3. The van der Waals surface area contributed by atoms with Crippen LogP contribution in [0.15, 0.2) is 66.7 Å². The van der Waals surface area contributed by atoms with Gasteiger partial charge in [0.1, 0.15) is 6.61 Å². The van der Waals surface area contributed by atoms with Crippen LogP contribution in [0.1, 0.15) is 29.2 Å². The topological polar surface area (TPSA) is 66.0 Å². The van der Waals surface area contributed by atoms with Crippen LogP contribution in [0.4, 0.5) is 0 Å². The molecule has 3 rings (SSSR count). The highest BCUT2D eigenvalue weighted by molar-refractivity contribution is 14.1. The number of nitriles is 2. The van der Waals surface area contributed by atoms with E-state index in [0.717, 1.165) is 20.3 Å². The van der Waals surface area contributed by atoms with E-state index in [0.29, 0.717) is 35.8 Å². The summed E-state index contributed by atoms with van der Waals surface area (Å²) in [4.78, 5) is 0. The minimum Gasteiger partial charge on any atom is -0.490 e. The van der Waals surface area contributed by atoms with Crippen LogP contribution in [-0.2, 0) is 6.61 Å². The minimum atomic E-state index is 0.445. The molecule has 3 aromatic carbocycles. The van der Waals surface area contributed by atoms with Crippen molar-refractivity contribution >= 4 is 34.2 Å².